The fourth-order valence-corrected chi connectivity index (χ4v) is 4.95. The maximum absolute atomic E-state index is 13.0. The van der Waals surface area contributed by atoms with Crippen LogP contribution in [-0.4, -0.2) is 31.9 Å². The Kier molecular flexibility index (Phi) is 5.41. The van der Waals surface area contributed by atoms with Crippen LogP contribution in [0.15, 0.2) is 23.1 Å². The molecule has 0 saturated carbocycles. The maximum atomic E-state index is 13.0. The normalized spacial score (nSPS) is 20.0. The molecule has 21 heavy (non-hydrogen) atoms. The van der Waals surface area contributed by atoms with Crippen molar-refractivity contribution in [2.45, 2.75) is 57.5 Å². The Labute approximate surface area is 128 Å². The molecular weight excluding hydrogens is 284 g/mol. The van der Waals surface area contributed by atoms with E-state index in [0.717, 1.165) is 36.9 Å². The Morgan fingerprint density at radius 2 is 2.10 bits per heavy atom. The zero-order valence-corrected chi connectivity index (χ0v) is 14.0. The van der Waals surface area contributed by atoms with Gasteiger partial charge in [-0.3, -0.25) is 0 Å². The van der Waals surface area contributed by atoms with Crippen molar-refractivity contribution in [2.75, 3.05) is 13.1 Å². The average Bonchev–Trinajstić information content (AvgIpc) is 2.91. The lowest BCUT2D eigenvalue weighted by atomic mass is 10.1. The van der Waals surface area contributed by atoms with Crippen molar-refractivity contribution in [3.8, 4) is 0 Å². The third-order valence-corrected chi connectivity index (χ3v) is 6.27. The molecule has 1 unspecified atom stereocenters. The van der Waals surface area contributed by atoms with Crippen molar-refractivity contribution in [1.82, 2.24) is 9.62 Å². The molecule has 1 aliphatic heterocycles. The van der Waals surface area contributed by atoms with Crippen molar-refractivity contribution >= 4 is 10.0 Å². The van der Waals surface area contributed by atoms with Crippen molar-refractivity contribution in [3.63, 3.8) is 0 Å². The number of hydrogen-bond acceptors (Lipinski definition) is 3. The van der Waals surface area contributed by atoms with E-state index in [1.165, 1.54) is 0 Å². The van der Waals surface area contributed by atoms with Crippen LogP contribution in [0.1, 0.15) is 44.7 Å². The van der Waals surface area contributed by atoms with E-state index in [-0.39, 0.29) is 6.04 Å². The van der Waals surface area contributed by atoms with Crippen molar-refractivity contribution in [3.05, 3.63) is 29.3 Å². The van der Waals surface area contributed by atoms with Crippen LogP contribution >= 0.6 is 0 Å². The van der Waals surface area contributed by atoms with Crippen LogP contribution in [0.2, 0.25) is 0 Å². The third kappa shape index (κ3) is 3.47. The van der Waals surface area contributed by atoms with Gasteiger partial charge in [0.25, 0.3) is 0 Å². The molecule has 2 rings (SSSR count). The summed E-state index contributed by atoms with van der Waals surface area (Å²) in [6.07, 6.45) is 2.65. The van der Waals surface area contributed by atoms with Gasteiger partial charge in [0.15, 0.2) is 0 Å². The number of hydrogen-bond donors (Lipinski definition) is 1. The number of sulfonamides is 1. The summed E-state index contributed by atoms with van der Waals surface area (Å²) in [5.41, 5.74) is 1.94. The standard InChI is InChI=1S/C16H26N2O2S/c1-4-15-9-8-14(12-17-5-2)11-16(15)21(19,20)18-10-6-7-13(18)3/h8-9,11,13,17H,4-7,10,12H2,1-3H3. The molecule has 1 saturated heterocycles. The molecule has 5 heteroatoms. The van der Waals surface area contributed by atoms with Gasteiger partial charge in [0, 0.05) is 19.1 Å². The molecular formula is C16H26N2O2S. The Morgan fingerprint density at radius 3 is 2.67 bits per heavy atom. The lowest BCUT2D eigenvalue weighted by molar-refractivity contribution is 0.408. The van der Waals surface area contributed by atoms with Crippen molar-refractivity contribution in [1.29, 1.82) is 0 Å². The number of benzene rings is 1. The molecule has 118 valence electrons. The van der Waals surface area contributed by atoms with E-state index in [4.69, 9.17) is 0 Å². The quantitative estimate of drug-likeness (QED) is 0.878. The van der Waals surface area contributed by atoms with Gasteiger partial charge in [0.1, 0.15) is 0 Å². The van der Waals surface area contributed by atoms with Gasteiger partial charge in [0.2, 0.25) is 10.0 Å². The minimum Gasteiger partial charge on any atom is -0.313 e. The summed E-state index contributed by atoms with van der Waals surface area (Å²) in [7, 11) is -3.37. The SMILES string of the molecule is CCNCc1ccc(CC)c(S(=O)(=O)N2CCCC2C)c1. The van der Waals surface area contributed by atoms with E-state index in [9.17, 15) is 8.42 Å². The molecule has 0 spiro atoms. The van der Waals surface area contributed by atoms with Gasteiger partial charge in [-0.15, -0.1) is 0 Å². The van der Waals surface area contributed by atoms with Crippen LogP contribution in [0, 0.1) is 0 Å². The monoisotopic (exact) mass is 310 g/mol. The first kappa shape index (κ1) is 16.5. The fourth-order valence-electron chi connectivity index (χ4n) is 2.90. The minimum absolute atomic E-state index is 0.108. The van der Waals surface area contributed by atoms with Crippen LogP contribution in [0.5, 0.6) is 0 Å². The summed E-state index contributed by atoms with van der Waals surface area (Å²) in [5, 5.41) is 3.25. The van der Waals surface area contributed by atoms with E-state index < -0.39 is 10.0 Å². The number of rotatable bonds is 6. The summed E-state index contributed by atoms with van der Waals surface area (Å²) in [6, 6.07) is 5.94. The highest BCUT2D eigenvalue weighted by Gasteiger charge is 2.33. The number of nitrogens with one attached hydrogen (secondary N) is 1. The smallest absolute Gasteiger partial charge is 0.243 e. The van der Waals surface area contributed by atoms with Crippen LogP contribution in [-0.2, 0) is 23.0 Å². The predicted octanol–water partition coefficient (Wildman–Crippen LogP) is 2.53. The lowest BCUT2D eigenvalue weighted by Gasteiger charge is -2.23. The molecule has 1 aromatic rings. The highest BCUT2D eigenvalue weighted by molar-refractivity contribution is 7.89. The molecule has 1 aromatic carbocycles. The van der Waals surface area contributed by atoms with Gasteiger partial charge in [-0.05, 0) is 49.9 Å². The van der Waals surface area contributed by atoms with Crippen molar-refractivity contribution < 1.29 is 8.42 Å². The second-order valence-corrected chi connectivity index (χ2v) is 7.54. The van der Waals surface area contributed by atoms with Gasteiger partial charge < -0.3 is 5.32 Å². The van der Waals surface area contributed by atoms with E-state index in [1.54, 1.807) is 4.31 Å². The zero-order chi connectivity index (χ0) is 15.5. The molecule has 0 radical (unpaired) electrons. The van der Waals surface area contributed by atoms with Crippen LogP contribution < -0.4 is 5.32 Å². The van der Waals surface area contributed by atoms with Gasteiger partial charge in [0.05, 0.1) is 4.90 Å². The molecule has 0 aliphatic carbocycles. The van der Waals surface area contributed by atoms with Gasteiger partial charge in [-0.25, -0.2) is 8.42 Å². The molecule has 0 bridgehead atoms. The number of aryl methyl sites for hydroxylation is 1. The van der Waals surface area contributed by atoms with Crippen molar-refractivity contribution in [2.24, 2.45) is 0 Å². The Bertz CT molecular complexity index is 584. The summed E-state index contributed by atoms with van der Waals surface area (Å²) in [4.78, 5) is 0.495. The summed E-state index contributed by atoms with van der Waals surface area (Å²) in [6.45, 7) is 8.28. The first-order valence-corrected chi connectivity index (χ1v) is 9.29. The molecule has 4 nitrogen and oxygen atoms in total. The molecule has 1 N–H and O–H groups in total. The average molecular weight is 310 g/mol. The van der Waals surface area contributed by atoms with E-state index in [0.29, 0.717) is 18.0 Å². The highest BCUT2D eigenvalue weighted by atomic mass is 32.2. The second-order valence-electron chi connectivity index (χ2n) is 5.68. The molecule has 0 aromatic heterocycles. The topological polar surface area (TPSA) is 49.4 Å². The first-order valence-electron chi connectivity index (χ1n) is 7.85. The second kappa shape index (κ2) is 6.90. The van der Waals surface area contributed by atoms with Gasteiger partial charge in [-0.2, -0.15) is 4.31 Å². The summed E-state index contributed by atoms with van der Waals surface area (Å²) in [5.74, 6) is 0. The molecule has 1 fully saturated rings. The van der Waals surface area contributed by atoms with Gasteiger partial charge in [-0.1, -0.05) is 26.0 Å². The Hall–Kier alpha value is -0.910. The summed E-state index contributed by atoms with van der Waals surface area (Å²) >= 11 is 0. The molecule has 1 aliphatic rings. The third-order valence-electron chi connectivity index (χ3n) is 4.17. The molecule has 1 heterocycles. The predicted molar refractivity (Wildman–Crippen MR) is 85.8 cm³/mol. The Morgan fingerprint density at radius 1 is 1.33 bits per heavy atom. The largest absolute Gasteiger partial charge is 0.313 e. The van der Waals surface area contributed by atoms with Crippen LogP contribution in [0.3, 0.4) is 0 Å². The zero-order valence-electron chi connectivity index (χ0n) is 13.2. The van der Waals surface area contributed by atoms with Gasteiger partial charge >= 0.3 is 0 Å². The highest BCUT2D eigenvalue weighted by Crippen LogP contribution is 2.28. The lowest BCUT2D eigenvalue weighted by Crippen LogP contribution is -2.34. The minimum atomic E-state index is -3.37. The fraction of sp³-hybridized carbons (Fsp3) is 0.625. The number of nitrogens with zero attached hydrogens (tertiary/aromatic N) is 1. The molecule has 0 amide bonds. The maximum Gasteiger partial charge on any atom is 0.243 e. The first-order chi connectivity index (χ1) is 10.0. The summed E-state index contributed by atoms with van der Waals surface area (Å²) < 4.78 is 27.6. The molecule has 1 atom stereocenters. The Balaban J connectivity index is 2.39. The van der Waals surface area contributed by atoms with E-state index >= 15 is 0 Å². The van der Waals surface area contributed by atoms with E-state index in [2.05, 4.69) is 5.32 Å². The van der Waals surface area contributed by atoms with E-state index in [1.807, 2.05) is 39.0 Å². The van der Waals surface area contributed by atoms with Crippen LogP contribution in [0.4, 0.5) is 0 Å². The van der Waals surface area contributed by atoms with Crippen LogP contribution in [0.25, 0.3) is 0 Å².